The van der Waals surface area contributed by atoms with Gasteiger partial charge in [0.2, 0.25) is 5.95 Å². The summed E-state index contributed by atoms with van der Waals surface area (Å²) in [7, 11) is -2.14. The van der Waals surface area contributed by atoms with Crippen LogP contribution in [0, 0.1) is 0 Å². The molecule has 0 radical (unpaired) electrons. The van der Waals surface area contributed by atoms with Crippen LogP contribution in [0.25, 0.3) is 75.4 Å². The van der Waals surface area contributed by atoms with E-state index in [0.717, 1.165) is 32.5 Å². The van der Waals surface area contributed by atoms with Crippen LogP contribution in [0.4, 0.5) is 0 Å². The van der Waals surface area contributed by atoms with Crippen molar-refractivity contribution in [3.63, 3.8) is 0 Å². The van der Waals surface area contributed by atoms with Crippen LogP contribution < -0.4 is 0 Å². The molecule has 0 amide bonds. The van der Waals surface area contributed by atoms with E-state index >= 15 is 0 Å². The van der Waals surface area contributed by atoms with Crippen LogP contribution in [0.15, 0.2) is 226 Å². The Hall–Kier alpha value is -6.99. The molecule has 0 aliphatic rings. The van der Waals surface area contributed by atoms with Gasteiger partial charge in [0, 0.05) is 68.3 Å². The minimum Gasteiger partial charge on any atom is -0.309 e. The first-order valence-electron chi connectivity index (χ1n) is 19.5. The van der Waals surface area contributed by atoms with Crippen molar-refractivity contribution >= 4 is 85.1 Å². The average molecular weight is 779 g/mol. The number of nitrogens with zero attached hydrogens (tertiary/aromatic N) is 4. The second kappa shape index (κ2) is 13.0. The van der Waals surface area contributed by atoms with E-state index in [9.17, 15) is 0 Å². The lowest BCUT2D eigenvalue weighted by Gasteiger charge is -2.41. The molecule has 4 aromatic heterocycles. The van der Waals surface area contributed by atoms with Gasteiger partial charge in [-0.25, -0.2) is 9.97 Å². The van der Waals surface area contributed by atoms with Crippen molar-refractivity contribution in [1.29, 1.82) is 0 Å². The molecule has 0 saturated heterocycles. The molecule has 8 aromatic carbocycles. The van der Waals surface area contributed by atoms with E-state index in [1.165, 1.54) is 56.7 Å². The predicted octanol–water partition coefficient (Wildman–Crippen LogP) is 14.4. The Kier molecular flexibility index (Phi) is 7.45. The second-order valence-electron chi connectivity index (χ2n) is 14.6. The van der Waals surface area contributed by atoms with E-state index in [1.807, 2.05) is 17.5 Å². The second-order valence-corrected chi connectivity index (χ2v) is 18.7. The van der Waals surface area contributed by atoms with Gasteiger partial charge >= 0.3 is 0 Å². The molecule has 0 aliphatic heterocycles. The quantitative estimate of drug-likeness (QED) is 0.158. The van der Waals surface area contributed by atoms with Crippen LogP contribution in [-0.4, -0.2) is 19.1 Å². The summed E-state index contributed by atoms with van der Waals surface area (Å²) in [5, 5.41) is 8.37. The highest BCUT2D eigenvalue weighted by molar-refractivity contribution is 8.34. The third-order valence-electron chi connectivity index (χ3n) is 11.5. The standard InChI is InChI=1S/C52H34N4S2/c1-3-16-36(17-4-1)58(37-18-5-2-6-19-37,49-29-15-24-42-41-23-10-14-28-48(41)57-51(42)49)50-32-33-53-52(54-50)56-46-27-13-9-22-40(46)43-34-35(30-31-47(43)56)55-44-25-11-7-20-38(44)39-21-8-12-26-45(39)55/h1-34H. The predicted molar refractivity (Wildman–Crippen MR) is 244 cm³/mol. The van der Waals surface area contributed by atoms with Crippen molar-refractivity contribution in [2.45, 2.75) is 19.7 Å². The molecule has 0 aliphatic carbocycles. The molecular weight excluding hydrogens is 745 g/mol. The Morgan fingerprint density at radius 2 is 0.948 bits per heavy atom. The van der Waals surface area contributed by atoms with Crippen LogP contribution in [0.1, 0.15) is 0 Å². The van der Waals surface area contributed by atoms with E-state index in [1.54, 1.807) is 0 Å². The van der Waals surface area contributed by atoms with Gasteiger partial charge in [0.25, 0.3) is 0 Å². The molecule has 6 heteroatoms. The molecule has 58 heavy (non-hydrogen) atoms. The summed E-state index contributed by atoms with van der Waals surface area (Å²) in [4.78, 5) is 14.6. The first-order valence-corrected chi connectivity index (χ1v) is 21.9. The fourth-order valence-corrected chi connectivity index (χ4v) is 14.5. The highest BCUT2D eigenvalue weighted by Crippen LogP contribution is 2.74. The van der Waals surface area contributed by atoms with E-state index in [2.05, 4.69) is 209 Å². The van der Waals surface area contributed by atoms with E-state index in [-0.39, 0.29) is 0 Å². The Morgan fingerprint density at radius 1 is 0.414 bits per heavy atom. The monoisotopic (exact) mass is 778 g/mol. The Labute approximate surface area is 340 Å². The lowest BCUT2D eigenvalue weighted by molar-refractivity contribution is 0.924. The summed E-state index contributed by atoms with van der Waals surface area (Å²) < 4.78 is 7.22. The summed E-state index contributed by atoms with van der Waals surface area (Å²) in [6.07, 6.45) is 1.96. The molecule has 0 N–H and O–H groups in total. The topological polar surface area (TPSA) is 35.6 Å². The van der Waals surface area contributed by atoms with E-state index < -0.39 is 10.0 Å². The molecule has 0 saturated carbocycles. The van der Waals surface area contributed by atoms with Gasteiger partial charge in [0.05, 0.1) is 27.1 Å². The van der Waals surface area contributed by atoms with Crippen LogP contribution >= 0.6 is 21.4 Å². The van der Waals surface area contributed by atoms with Crippen molar-refractivity contribution in [1.82, 2.24) is 19.1 Å². The van der Waals surface area contributed by atoms with Gasteiger partial charge in [0.1, 0.15) is 0 Å². The first kappa shape index (κ1) is 33.2. The Balaban J connectivity index is 1.13. The van der Waals surface area contributed by atoms with Crippen LogP contribution in [-0.2, 0) is 0 Å². The zero-order chi connectivity index (χ0) is 38.2. The summed E-state index contributed by atoms with van der Waals surface area (Å²) in [5.74, 6) is 0.653. The van der Waals surface area contributed by atoms with E-state index in [0.29, 0.717) is 5.95 Å². The van der Waals surface area contributed by atoms with Gasteiger partial charge in [-0.05, 0) is 78.9 Å². The third-order valence-corrected chi connectivity index (χ3v) is 16.7. The van der Waals surface area contributed by atoms with Gasteiger partial charge in [-0.2, -0.15) is 0 Å². The van der Waals surface area contributed by atoms with Gasteiger partial charge in [-0.3, -0.25) is 4.57 Å². The zero-order valence-electron chi connectivity index (χ0n) is 31.2. The number of benzene rings is 8. The maximum Gasteiger partial charge on any atom is 0.235 e. The first-order chi connectivity index (χ1) is 28.8. The van der Waals surface area contributed by atoms with Gasteiger partial charge in [-0.1, -0.05) is 121 Å². The highest BCUT2D eigenvalue weighted by Gasteiger charge is 2.37. The van der Waals surface area contributed by atoms with Gasteiger partial charge < -0.3 is 4.57 Å². The average Bonchev–Trinajstić information content (AvgIpc) is 3.96. The van der Waals surface area contributed by atoms with E-state index in [4.69, 9.17) is 9.97 Å². The number of aromatic nitrogens is 4. The fraction of sp³-hybridized carbons (Fsp3) is 0. The molecule has 0 atom stereocenters. The summed E-state index contributed by atoms with van der Waals surface area (Å²) in [6, 6.07) is 72.6. The van der Waals surface area contributed by atoms with Crippen molar-refractivity contribution in [2.75, 3.05) is 0 Å². The summed E-state index contributed by atoms with van der Waals surface area (Å²) in [5.41, 5.74) is 5.64. The van der Waals surface area contributed by atoms with Crippen LogP contribution in [0.5, 0.6) is 0 Å². The lowest BCUT2D eigenvalue weighted by atomic mass is 10.1. The highest BCUT2D eigenvalue weighted by atomic mass is 32.3. The fourth-order valence-electron chi connectivity index (χ4n) is 9.08. The molecule has 4 heterocycles. The molecule has 0 fully saturated rings. The Morgan fingerprint density at radius 3 is 1.62 bits per heavy atom. The number of para-hydroxylation sites is 3. The lowest BCUT2D eigenvalue weighted by Crippen LogP contribution is -2.10. The Bertz CT molecular complexity index is 3430. The minimum absolute atomic E-state index is 0.653. The number of hydrogen-bond donors (Lipinski definition) is 0. The zero-order valence-corrected chi connectivity index (χ0v) is 32.9. The normalized spacial score (nSPS) is 12.4. The minimum atomic E-state index is -2.14. The molecule has 12 rings (SSSR count). The largest absolute Gasteiger partial charge is 0.309 e. The van der Waals surface area contributed by atoms with Crippen molar-refractivity contribution < 1.29 is 0 Å². The van der Waals surface area contributed by atoms with Gasteiger partial charge in [-0.15, -0.1) is 21.4 Å². The van der Waals surface area contributed by atoms with Crippen molar-refractivity contribution in [3.05, 3.63) is 206 Å². The SMILES string of the molecule is c1ccc(S(c2ccccc2)(c2ccnc(-n3c4ccccc4c4cc(-n5c6ccccc6c6ccccc65)ccc43)n2)c2cccc3c2sc2ccccc23)cc1. The molecule has 274 valence electrons. The number of hydrogen-bond acceptors (Lipinski definition) is 3. The smallest absolute Gasteiger partial charge is 0.235 e. The maximum absolute atomic E-state index is 5.72. The molecule has 0 bridgehead atoms. The molecule has 12 aromatic rings. The molecular formula is C52H34N4S2. The van der Waals surface area contributed by atoms with Crippen LogP contribution in [0.2, 0.25) is 0 Å². The van der Waals surface area contributed by atoms with Gasteiger partial charge in [0.15, 0.2) is 0 Å². The van der Waals surface area contributed by atoms with Crippen LogP contribution in [0.3, 0.4) is 0 Å². The maximum atomic E-state index is 5.72. The number of rotatable bonds is 6. The third kappa shape index (κ3) is 4.76. The summed E-state index contributed by atoms with van der Waals surface area (Å²) >= 11 is 1.88. The molecule has 0 unspecified atom stereocenters. The van der Waals surface area contributed by atoms with Crippen molar-refractivity contribution in [3.8, 4) is 11.6 Å². The van der Waals surface area contributed by atoms with Crippen molar-refractivity contribution in [2.24, 2.45) is 0 Å². The number of fused-ring (bicyclic) bond motifs is 9. The molecule has 0 spiro atoms. The molecule has 4 nitrogen and oxygen atoms in total. The number of thiophene rings is 1. The summed E-state index contributed by atoms with van der Waals surface area (Å²) in [6.45, 7) is 0.